The normalized spacial score (nSPS) is 13.7. The largest absolute Gasteiger partial charge is 0.461 e. The molecular formula is C25H26N6O4S2. The van der Waals surface area contributed by atoms with Crippen LogP contribution in [0.25, 0.3) is 17.3 Å². The Kier molecular flexibility index (Phi) is 7.56. The van der Waals surface area contributed by atoms with Crippen LogP contribution in [0.1, 0.15) is 28.0 Å². The van der Waals surface area contributed by atoms with E-state index in [9.17, 15) is 9.59 Å². The zero-order chi connectivity index (χ0) is 25.8. The number of hydrogen-bond acceptors (Lipinski definition) is 9. The van der Waals surface area contributed by atoms with Gasteiger partial charge < -0.3 is 19.0 Å². The van der Waals surface area contributed by atoms with E-state index in [1.54, 1.807) is 28.4 Å². The second kappa shape index (κ2) is 11.2. The average Bonchev–Trinajstić information content (AvgIpc) is 3.69. The van der Waals surface area contributed by atoms with E-state index in [1.165, 1.54) is 23.1 Å². The highest BCUT2D eigenvalue weighted by Gasteiger charge is 2.27. The predicted molar refractivity (Wildman–Crippen MR) is 140 cm³/mol. The van der Waals surface area contributed by atoms with Crippen molar-refractivity contribution < 1.29 is 18.7 Å². The zero-order valence-corrected chi connectivity index (χ0v) is 22.1. The minimum Gasteiger partial charge on any atom is -0.461 e. The molecule has 1 saturated heterocycles. The third-order valence-electron chi connectivity index (χ3n) is 5.92. The summed E-state index contributed by atoms with van der Waals surface area (Å²) in [5, 5.41) is 12.1. The number of aryl methyl sites for hydroxylation is 1. The number of carbonyl (C=O) groups excluding carboxylic acids is 2. The van der Waals surface area contributed by atoms with E-state index in [-0.39, 0.29) is 12.0 Å². The summed E-state index contributed by atoms with van der Waals surface area (Å²) in [7, 11) is 0. The highest BCUT2D eigenvalue weighted by Crippen LogP contribution is 2.31. The highest BCUT2D eigenvalue weighted by molar-refractivity contribution is 7.98. The van der Waals surface area contributed by atoms with Gasteiger partial charge in [-0.05, 0) is 37.6 Å². The van der Waals surface area contributed by atoms with Crippen LogP contribution < -0.4 is 0 Å². The number of amides is 2. The fraction of sp³-hybridized carbons (Fsp3) is 0.320. The average molecular weight is 539 g/mol. The number of thiazole rings is 1. The van der Waals surface area contributed by atoms with Gasteiger partial charge >= 0.3 is 6.09 Å². The molecule has 37 heavy (non-hydrogen) atoms. The second-order valence-corrected chi connectivity index (χ2v) is 10.2. The number of benzene rings is 1. The fourth-order valence-corrected chi connectivity index (χ4v) is 5.76. The molecule has 0 saturated carbocycles. The second-order valence-electron chi connectivity index (χ2n) is 8.30. The van der Waals surface area contributed by atoms with Crippen LogP contribution >= 0.6 is 23.1 Å². The van der Waals surface area contributed by atoms with Crippen molar-refractivity contribution in [3.8, 4) is 17.3 Å². The van der Waals surface area contributed by atoms with E-state index < -0.39 is 0 Å². The first kappa shape index (κ1) is 25.0. The number of thioether (sulfide) groups is 1. The lowest BCUT2D eigenvalue weighted by Crippen LogP contribution is -2.50. The van der Waals surface area contributed by atoms with Crippen LogP contribution in [0.2, 0.25) is 0 Å². The summed E-state index contributed by atoms with van der Waals surface area (Å²) in [6.07, 6.45) is 1.28. The van der Waals surface area contributed by atoms with Crippen LogP contribution in [0.3, 0.4) is 0 Å². The Balaban J connectivity index is 1.27. The van der Waals surface area contributed by atoms with Gasteiger partial charge in [-0.3, -0.25) is 9.36 Å². The van der Waals surface area contributed by atoms with Crippen LogP contribution in [-0.4, -0.2) is 74.3 Å². The van der Waals surface area contributed by atoms with Crippen LogP contribution in [0, 0.1) is 6.92 Å². The highest BCUT2D eigenvalue weighted by atomic mass is 32.2. The van der Waals surface area contributed by atoms with E-state index in [0.717, 1.165) is 16.3 Å². The molecule has 5 rings (SSSR count). The number of ether oxygens (including phenoxy) is 1. The Morgan fingerprint density at radius 1 is 1.08 bits per heavy atom. The van der Waals surface area contributed by atoms with Gasteiger partial charge in [0.05, 0.1) is 24.3 Å². The van der Waals surface area contributed by atoms with E-state index >= 15 is 0 Å². The monoisotopic (exact) mass is 538 g/mol. The number of rotatable bonds is 7. The quantitative estimate of drug-likeness (QED) is 0.317. The summed E-state index contributed by atoms with van der Waals surface area (Å²) < 4.78 is 12.6. The van der Waals surface area contributed by atoms with Gasteiger partial charge in [0, 0.05) is 31.6 Å². The Morgan fingerprint density at radius 2 is 1.86 bits per heavy atom. The topological polar surface area (TPSA) is 107 Å². The predicted octanol–water partition coefficient (Wildman–Crippen LogP) is 4.50. The molecule has 1 aliphatic heterocycles. The first-order valence-electron chi connectivity index (χ1n) is 11.9. The van der Waals surface area contributed by atoms with Crippen molar-refractivity contribution in [2.75, 3.05) is 32.8 Å². The maximum absolute atomic E-state index is 13.0. The lowest BCUT2D eigenvalue weighted by molar-refractivity contribution is 0.0566. The molecule has 0 atom stereocenters. The molecular weight excluding hydrogens is 512 g/mol. The number of carbonyl (C=O) groups is 2. The third-order valence-corrected chi connectivity index (χ3v) is 7.89. The summed E-state index contributed by atoms with van der Waals surface area (Å²) in [6, 6.07) is 11.7. The Labute approximate surface area is 222 Å². The van der Waals surface area contributed by atoms with Crippen LogP contribution in [0.15, 0.2) is 57.6 Å². The van der Waals surface area contributed by atoms with E-state index in [0.29, 0.717) is 61.0 Å². The fourth-order valence-electron chi connectivity index (χ4n) is 4.03. The molecule has 2 amide bonds. The number of piperazine rings is 1. The van der Waals surface area contributed by atoms with Crippen molar-refractivity contribution >= 4 is 35.1 Å². The summed E-state index contributed by atoms with van der Waals surface area (Å²) in [5.74, 6) is 1.67. The number of para-hydroxylation sites is 1. The molecule has 0 N–H and O–H groups in total. The van der Waals surface area contributed by atoms with Gasteiger partial charge in [0.15, 0.2) is 10.9 Å². The Hall–Kier alpha value is -3.64. The van der Waals surface area contributed by atoms with Crippen LogP contribution in [-0.2, 0) is 10.5 Å². The Morgan fingerprint density at radius 3 is 2.59 bits per heavy atom. The summed E-state index contributed by atoms with van der Waals surface area (Å²) in [6.45, 7) is 5.96. The number of hydrogen-bond donors (Lipinski definition) is 0. The minimum atomic E-state index is -0.337. The third kappa shape index (κ3) is 5.39. The van der Waals surface area contributed by atoms with Gasteiger partial charge in [-0.2, -0.15) is 0 Å². The Bertz CT molecular complexity index is 1380. The van der Waals surface area contributed by atoms with Crippen molar-refractivity contribution in [3.63, 3.8) is 0 Å². The molecule has 1 fully saturated rings. The number of furan rings is 1. The van der Waals surface area contributed by atoms with Gasteiger partial charge in [0.25, 0.3) is 5.91 Å². The lowest BCUT2D eigenvalue weighted by Gasteiger charge is -2.33. The maximum Gasteiger partial charge on any atom is 0.409 e. The van der Waals surface area contributed by atoms with Crippen molar-refractivity contribution in [2.24, 2.45) is 0 Å². The first-order chi connectivity index (χ1) is 18.0. The van der Waals surface area contributed by atoms with E-state index in [1.807, 2.05) is 47.9 Å². The minimum absolute atomic E-state index is 0.126. The molecule has 0 aliphatic carbocycles. The van der Waals surface area contributed by atoms with Gasteiger partial charge in [-0.15, -0.1) is 21.5 Å². The molecule has 3 aromatic heterocycles. The molecule has 4 aromatic rings. The summed E-state index contributed by atoms with van der Waals surface area (Å²) in [5.41, 5.74) is 2.47. The zero-order valence-electron chi connectivity index (χ0n) is 20.5. The summed E-state index contributed by atoms with van der Waals surface area (Å²) in [4.78, 5) is 32.8. The summed E-state index contributed by atoms with van der Waals surface area (Å²) >= 11 is 2.95. The van der Waals surface area contributed by atoms with Gasteiger partial charge in [0.2, 0.25) is 5.82 Å². The molecule has 10 nitrogen and oxygen atoms in total. The van der Waals surface area contributed by atoms with Gasteiger partial charge in [0.1, 0.15) is 10.7 Å². The van der Waals surface area contributed by atoms with Gasteiger partial charge in [-0.1, -0.05) is 30.0 Å². The maximum atomic E-state index is 13.0. The molecule has 0 spiro atoms. The molecule has 4 heterocycles. The SMILES string of the molecule is CCOC(=O)N1CCN(C(=O)c2csc(CSc3nnc(-c4ccco4)n3-c3ccccc3C)n2)CC1. The number of nitrogens with zero attached hydrogens (tertiary/aromatic N) is 6. The van der Waals surface area contributed by atoms with Crippen molar-refractivity contribution in [1.29, 1.82) is 0 Å². The number of aromatic nitrogens is 4. The van der Waals surface area contributed by atoms with Crippen molar-refractivity contribution in [1.82, 2.24) is 29.5 Å². The van der Waals surface area contributed by atoms with Crippen LogP contribution in [0.4, 0.5) is 4.79 Å². The van der Waals surface area contributed by atoms with Crippen LogP contribution in [0.5, 0.6) is 0 Å². The van der Waals surface area contributed by atoms with Gasteiger partial charge in [-0.25, -0.2) is 9.78 Å². The van der Waals surface area contributed by atoms with Crippen molar-refractivity contribution in [3.05, 3.63) is 64.3 Å². The van der Waals surface area contributed by atoms with E-state index in [2.05, 4.69) is 15.2 Å². The molecule has 1 aromatic carbocycles. The van der Waals surface area contributed by atoms with E-state index in [4.69, 9.17) is 9.15 Å². The molecule has 192 valence electrons. The molecule has 1 aliphatic rings. The first-order valence-corrected chi connectivity index (χ1v) is 13.7. The molecule has 0 unspecified atom stereocenters. The molecule has 0 radical (unpaired) electrons. The lowest BCUT2D eigenvalue weighted by atomic mass is 10.2. The smallest absolute Gasteiger partial charge is 0.409 e. The standard InChI is InChI=1S/C25H26N6O4S2/c1-3-34-25(33)30-12-10-29(11-13-30)23(32)18-15-36-21(26-18)16-37-24-28-27-22(20-9-6-14-35-20)31(24)19-8-5-4-7-17(19)2/h4-9,14-15H,3,10-13,16H2,1-2H3. The molecule has 12 heteroatoms. The molecule has 0 bridgehead atoms. The van der Waals surface area contributed by atoms with Crippen molar-refractivity contribution in [2.45, 2.75) is 24.8 Å².